The first-order valence-electron chi connectivity index (χ1n) is 9.64. The smallest absolute Gasteiger partial charge is 0.262 e. The van der Waals surface area contributed by atoms with Crippen molar-refractivity contribution in [3.8, 4) is 0 Å². The first kappa shape index (κ1) is 18.1. The molecule has 4 heteroatoms. The van der Waals surface area contributed by atoms with Crippen molar-refractivity contribution < 1.29 is 4.79 Å². The summed E-state index contributed by atoms with van der Waals surface area (Å²) < 4.78 is 0. The molecule has 3 aromatic carbocycles. The fraction of sp³-hybridized carbons (Fsp3) is 0.208. The fourth-order valence-corrected chi connectivity index (χ4v) is 3.60. The number of hydrogen-bond acceptors (Lipinski definition) is 3. The number of nitrogens with one attached hydrogen (secondary N) is 1. The Balaban J connectivity index is 1.79. The summed E-state index contributed by atoms with van der Waals surface area (Å²) in [4.78, 5) is 17.3. The lowest BCUT2D eigenvalue weighted by molar-refractivity contribution is 0.0975. The van der Waals surface area contributed by atoms with E-state index in [1.807, 2.05) is 55.4 Å². The second-order valence-electron chi connectivity index (χ2n) is 7.27. The largest absolute Gasteiger partial charge is 0.378 e. The molecule has 0 fully saturated rings. The maximum absolute atomic E-state index is 13.4. The highest BCUT2D eigenvalue weighted by Crippen LogP contribution is 2.37. The van der Waals surface area contributed by atoms with E-state index in [2.05, 4.69) is 53.5 Å². The Kier molecular flexibility index (Phi) is 4.78. The molecule has 28 heavy (non-hydrogen) atoms. The van der Waals surface area contributed by atoms with Crippen molar-refractivity contribution in [2.24, 2.45) is 0 Å². The minimum absolute atomic E-state index is 0.0142. The highest BCUT2D eigenvalue weighted by atomic mass is 16.2. The molecular formula is C24H25N3O. The molecule has 0 spiro atoms. The van der Waals surface area contributed by atoms with E-state index in [0.717, 1.165) is 29.0 Å². The van der Waals surface area contributed by atoms with Gasteiger partial charge in [-0.1, -0.05) is 43.3 Å². The Bertz CT molecular complexity index is 977. The number of hydrogen-bond donors (Lipinski definition) is 1. The van der Waals surface area contributed by atoms with Crippen LogP contribution in [0.5, 0.6) is 0 Å². The Morgan fingerprint density at radius 1 is 0.929 bits per heavy atom. The molecule has 0 saturated carbocycles. The third-order valence-corrected chi connectivity index (χ3v) is 5.27. The lowest BCUT2D eigenvalue weighted by atomic mass is 10.0. The Morgan fingerprint density at radius 3 is 2.25 bits per heavy atom. The molecule has 142 valence electrons. The fourth-order valence-electron chi connectivity index (χ4n) is 3.60. The van der Waals surface area contributed by atoms with E-state index in [1.165, 1.54) is 5.56 Å². The Hall–Kier alpha value is -3.27. The van der Waals surface area contributed by atoms with Gasteiger partial charge in [0.2, 0.25) is 0 Å². The van der Waals surface area contributed by atoms with Crippen molar-refractivity contribution in [3.63, 3.8) is 0 Å². The van der Waals surface area contributed by atoms with E-state index in [-0.39, 0.29) is 12.1 Å². The van der Waals surface area contributed by atoms with Crippen molar-refractivity contribution in [1.29, 1.82) is 0 Å². The third-order valence-electron chi connectivity index (χ3n) is 5.27. The first-order valence-corrected chi connectivity index (χ1v) is 9.64. The zero-order valence-electron chi connectivity index (χ0n) is 16.5. The number of aryl methyl sites for hydroxylation is 1. The van der Waals surface area contributed by atoms with Crippen LogP contribution in [0.1, 0.15) is 34.6 Å². The van der Waals surface area contributed by atoms with E-state index in [1.54, 1.807) is 0 Å². The van der Waals surface area contributed by atoms with Crippen LogP contribution in [-0.2, 0) is 6.42 Å². The predicted octanol–water partition coefficient (Wildman–Crippen LogP) is 5.09. The number of fused-ring (bicyclic) bond motifs is 1. The summed E-state index contributed by atoms with van der Waals surface area (Å²) in [6.07, 6.45) is 0.719. The van der Waals surface area contributed by atoms with E-state index < -0.39 is 0 Å². The standard InChI is InChI=1S/C24H25N3O/c1-4-17-9-13-20(14-10-17)27-23(18-11-15-19(16-12-18)26(2)3)25-22-8-6-5-7-21(22)24(27)28/h5-16,23,25H,4H2,1-3H3/t23-/m1/s1. The molecule has 1 amide bonds. The average molecular weight is 371 g/mol. The molecule has 1 atom stereocenters. The number of benzene rings is 3. The molecule has 4 nitrogen and oxygen atoms in total. The van der Waals surface area contributed by atoms with Crippen LogP contribution in [0.25, 0.3) is 0 Å². The van der Waals surface area contributed by atoms with Crippen molar-refractivity contribution >= 4 is 23.0 Å². The molecule has 0 saturated heterocycles. The Labute approximate surface area is 166 Å². The summed E-state index contributed by atoms with van der Waals surface area (Å²) in [6.45, 7) is 2.13. The SMILES string of the molecule is CCc1ccc(N2C(=O)c3ccccc3N[C@H]2c2ccc(N(C)C)cc2)cc1. The highest BCUT2D eigenvalue weighted by Gasteiger charge is 2.33. The maximum Gasteiger partial charge on any atom is 0.262 e. The number of nitrogens with zero attached hydrogens (tertiary/aromatic N) is 2. The minimum Gasteiger partial charge on any atom is -0.378 e. The second-order valence-corrected chi connectivity index (χ2v) is 7.27. The van der Waals surface area contributed by atoms with Crippen LogP contribution < -0.4 is 15.1 Å². The quantitative estimate of drug-likeness (QED) is 0.694. The van der Waals surface area contributed by atoms with E-state index >= 15 is 0 Å². The molecule has 0 aromatic heterocycles. The molecule has 1 heterocycles. The van der Waals surface area contributed by atoms with E-state index in [4.69, 9.17) is 0 Å². The normalized spacial score (nSPS) is 15.8. The summed E-state index contributed by atoms with van der Waals surface area (Å²) in [6, 6.07) is 24.3. The summed E-state index contributed by atoms with van der Waals surface area (Å²) in [5, 5.41) is 3.56. The number of carbonyl (C=O) groups is 1. The van der Waals surface area contributed by atoms with Gasteiger partial charge in [-0.05, 0) is 53.9 Å². The number of rotatable bonds is 4. The van der Waals surface area contributed by atoms with Gasteiger partial charge in [0.25, 0.3) is 5.91 Å². The van der Waals surface area contributed by atoms with E-state index in [0.29, 0.717) is 5.56 Å². The number of anilines is 3. The molecule has 3 aromatic rings. The first-order chi connectivity index (χ1) is 13.6. The van der Waals surface area contributed by atoms with E-state index in [9.17, 15) is 4.79 Å². The summed E-state index contributed by atoms with van der Waals surface area (Å²) in [7, 11) is 4.05. The van der Waals surface area contributed by atoms with Crippen LogP contribution in [0.4, 0.5) is 17.1 Å². The van der Waals surface area contributed by atoms with Crippen LogP contribution in [0.15, 0.2) is 72.8 Å². The maximum atomic E-state index is 13.4. The number of amides is 1. The molecule has 0 bridgehead atoms. The summed E-state index contributed by atoms with van der Waals surface area (Å²) in [5.41, 5.74) is 5.90. The van der Waals surface area contributed by atoms with Gasteiger partial charge in [0.1, 0.15) is 6.17 Å². The molecule has 4 rings (SSSR count). The minimum atomic E-state index is -0.258. The summed E-state index contributed by atoms with van der Waals surface area (Å²) in [5.74, 6) is 0.0142. The van der Waals surface area contributed by atoms with Crippen LogP contribution in [0, 0.1) is 0 Å². The lowest BCUT2D eigenvalue weighted by Gasteiger charge is -2.38. The van der Waals surface area contributed by atoms with Gasteiger partial charge >= 0.3 is 0 Å². The van der Waals surface area contributed by atoms with Gasteiger partial charge in [0.15, 0.2) is 0 Å². The zero-order chi connectivity index (χ0) is 19.7. The van der Waals surface area contributed by atoms with Gasteiger partial charge in [-0.3, -0.25) is 9.69 Å². The van der Waals surface area contributed by atoms with Gasteiger partial charge < -0.3 is 10.2 Å². The molecular weight excluding hydrogens is 346 g/mol. The molecule has 1 aliphatic rings. The van der Waals surface area contributed by atoms with Crippen molar-refractivity contribution in [3.05, 3.63) is 89.5 Å². The van der Waals surface area contributed by atoms with Crippen molar-refractivity contribution in [1.82, 2.24) is 0 Å². The molecule has 0 radical (unpaired) electrons. The molecule has 1 aliphatic heterocycles. The van der Waals surface area contributed by atoms with Crippen LogP contribution in [-0.4, -0.2) is 20.0 Å². The van der Waals surface area contributed by atoms with Gasteiger partial charge in [-0.2, -0.15) is 0 Å². The number of carbonyl (C=O) groups excluding carboxylic acids is 1. The summed E-state index contributed by atoms with van der Waals surface area (Å²) >= 11 is 0. The predicted molar refractivity (Wildman–Crippen MR) is 116 cm³/mol. The molecule has 0 aliphatic carbocycles. The van der Waals surface area contributed by atoms with Gasteiger partial charge in [0.05, 0.1) is 5.56 Å². The topological polar surface area (TPSA) is 35.6 Å². The monoisotopic (exact) mass is 371 g/mol. The lowest BCUT2D eigenvalue weighted by Crippen LogP contribution is -2.43. The van der Waals surface area contributed by atoms with Crippen LogP contribution in [0.2, 0.25) is 0 Å². The van der Waals surface area contributed by atoms with Crippen LogP contribution >= 0.6 is 0 Å². The number of para-hydroxylation sites is 1. The molecule has 0 unspecified atom stereocenters. The van der Waals surface area contributed by atoms with Crippen molar-refractivity contribution in [2.75, 3.05) is 29.2 Å². The third kappa shape index (κ3) is 3.22. The average Bonchev–Trinajstić information content (AvgIpc) is 2.74. The van der Waals surface area contributed by atoms with Crippen LogP contribution in [0.3, 0.4) is 0 Å². The van der Waals surface area contributed by atoms with Gasteiger partial charge in [-0.15, -0.1) is 0 Å². The van der Waals surface area contributed by atoms with Gasteiger partial charge in [0, 0.05) is 31.2 Å². The zero-order valence-corrected chi connectivity index (χ0v) is 16.5. The Morgan fingerprint density at radius 2 is 1.61 bits per heavy atom. The molecule has 1 N–H and O–H groups in total. The van der Waals surface area contributed by atoms with Crippen molar-refractivity contribution in [2.45, 2.75) is 19.5 Å². The second kappa shape index (κ2) is 7.39. The highest BCUT2D eigenvalue weighted by molar-refractivity contribution is 6.12. The van der Waals surface area contributed by atoms with Gasteiger partial charge in [-0.25, -0.2) is 0 Å².